The molecule has 2 rings (SSSR count). The Kier molecular flexibility index (Phi) is 5.38. The largest absolute Gasteiger partial charge is 0.494 e. The van der Waals surface area contributed by atoms with Crippen molar-refractivity contribution >= 4 is 17.3 Å². The van der Waals surface area contributed by atoms with Gasteiger partial charge < -0.3 is 9.94 Å². The monoisotopic (exact) mass is 322 g/mol. The van der Waals surface area contributed by atoms with Crippen molar-refractivity contribution in [2.45, 2.75) is 26.8 Å². The first-order chi connectivity index (χ1) is 10.5. The van der Waals surface area contributed by atoms with Crippen LogP contribution in [0.5, 0.6) is 5.75 Å². The zero-order chi connectivity index (χ0) is 16.0. The zero-order valence-electron chi connectivity index (χ0n) is 12.6. The van der Waals surface area contributed by atoms with Gasteiger partial charge in [0.1, 0.15) is 18.4 Å². The van der Waals surface area contributed by atoms with Gasteiger partial charge in [-0.2, -0.15) is 5.10 Å². The van der Waals surface area contributed by atoms with E-state index >= 15 is 0 Å². The summed E-state index contributed by atoms with van der Waals surface area (Å²) < 4.78 is 7.32. The van der Waals surface area contributed by atoms with Gasteiger partial charge in [0, 0.05) is 10.4 Å². The van der Waals surface area contributed by atoms with E-state index in [0.717, 1.165) is 5.75 Å². The molecule has 2 aromatic rings. The summed E-state index contributed by atoms with van der Waals surface area (Å²) in [7, 11) is 0. The van der Waals surface area contributed by atoms with E-state index in [4.69, 9.17) is 16.3 Å². The highest BCUT2D eigenvalue weighted by Crippen LogP contribution is 2.24. The summed E-state index contributed by atoms with van der Waals surface area (Å²) in [6, 6.07) is 7.22. The Hall–Kier alpha value is -2.08. The second kappa shape index (κ2) is 7.26. The Balaban J connectivity index is 1.90. The molecule has 0 spiro atoms. The molecule has 0 aliphatic carbocycles. The third-order valence-corrected chi connectivity index (χ3v) is 3.74. The van der Waals surface area contributed by atoms with E-state index in [1.54, 1.807) is 23.1 Å². The van der Waals surface area contributed by atoms with Crippen molar-refractivity contribution in [2.75, 3.05) is 6.61 Å². The first-order valence-corrected chi connectivity index (χ1v) is 7.31. The predicted molar refractivity (Wildman–Crippen MR) is 84.6 cm³/mol. The molecule has 0 aliphatic rings. The average Bonchev–Trinajstić information content (AvgIpc) is 2.99. The maximum absolute atomic E-state index is 9.28. The lowest BCUT2D eigenvalue weighted by atomic mass is 9.84. The molecule has 0 saturated heterocycles. The van der Waals surface area contributed by atoms with Crippen LogP contribution in [0.4, 0.5) is 0 Å². The van der Waals surface area contributed by atoms with Crippen molar-refractivity contribution in [3.8, 4) is 5.75 Å². The van der Waals surface area contributed by atoms with Crippen molar-refractivity contribution in [1.82, 2.24) is 14.8 Å². The Morgan fingerprint density at radius 3 is 2.68 bits per heavy atom. The molecule has 1 aromatic heterocycles. The quantitative estimate of drug-likeness (QED) is 0.482. The van der Waals surface area contributed by atoms with E-state index in [1.807, 2.05) is 26.0 Å². The summed E-state index contributed by atoms with van der Waals surface area (Å²) >= 11 is 5.83. The molecule has 0 atom stereocenters. The number of oxime groups is 1. The second-order valence-corrected chi connectivity index (χ2v) is 6.01. The smallest absolute Gasteiger partial charge is 0.137 e. The van der Waals surface area contributed by atoms with Crippen LogP contribution in [0.2, 0.25) is 5.02 Å². The van der Waals surface area contributed by atoms with E-state index in [0.29, 0.717) is 30.3 Å². The fourth-order valence-electron chi connectivity index (χ4n) is 1.95. The van der Waals surface area contributed by atoms with Crippen LogP contribution in [-0.2, 0) is 6.54 Å². The van der Waals surface area contributed by atoms with Crippen molar-refractivity contribution in [3.05, 3.63) is 41.9 Å². The van der Waals surface area contributed by atoms with Crippen molar-refractivity contribution in [1.29, 1.82) is 0 Å². The molecule has 118 valence electrons. The molecule has 0 fully saturated rings. The summed E-state index contributed by atoms with van der Waals surface area (Å²) in [6.45, 7) is 4.91. The van der Waals surface area contributed by atoms with Crippen LogP contribution in [0.25, 0.3) is 0 Å². The third kappa shape index (κ3) is 4.46. The number of aromatic nitrogens is 3. The van der Waals surface area contributed by atoms with Crippen molar-refractivity contribution < 1.29 is 9.94 Å². The lowest BCUT2D eigenvalue weighted by Gasteiger charge is -2.25. The SMILES string of the molecule is CC(C)(CCOc1ccc(Cl)cc1)C(Cn1cncn1)=NO. The van der Waals surface area contributed by atoms with Gasteiger partial charge in [0.25, 0.3) is 0 Å². The van der Waals surface area contributed by atoms with Gasteiger partial charge in [-0.3, -0.25) is 0 Å². The van der Waals surface area contributed by atoms with E-state index < -0.39 is 0 Å². The van der Waals surface area contributed by atoms with Crippen molar-refractivity contribution in [3.63, 3.8) is 0 Å². The zero-order valence-corrected chi connectivity index (χ0v) is 13.4. The molecule has 7 heteroatoms. The van der Waals surface area contributed by atoms with Crippen LogP contribution in [0.3, 0.4) is 0 Å². The van der Waals surface area contributed by atoms with Crippen LogP contribution in [0.15, 0.2) is 42.1 Å². The maximum Gasteiger partial charge on any atom is 0.137 e. The number of hydrogen-bond acceptors (Lipinski definition) is 5. The summed E-state index contributed by atoms with van der Waals surface area (Å²) in [5.74, 6) is 0.763. The minimum absolute atomic E-state index is 0.326. The number of ether oxygens (including phenoxy) is 1. The lowest BCUT2D eigenvalue weighted by molar-refractivity contribution is 0.257. The van der Waals surface area contributed by atoms with Crippen LogP contribution >= 0.6 is 11.6 Å². The minimum atomic E-state index is -0.326. The highest BCUT2D eigenvalue weighted by atomic mass is 35.5. The third-order valence-electron chi connectivity index (χ3n) is 3.49. The van der Waals surface area contributed by atoms with Gasteiger partial charge in [0.2, 0.25) is 0 Å². The number of halogens is 1. The summed E-state index contributed by atoms with van der Waals surface area (Å²) in [5, 5.41) is 17.4. The number of nitrogens with zero attached hydrogens (tertiary/aromatic N) is 4. The number of rotatable bonds is 7. The molecule has 0 amide bonds. The molecule has 0 radical (unpaired) electrons. The van der Waals surface area contributed by atoms with Crippen LogP contribution in [0, 0.1) is 5.41 Å². The van der Waals surface area contributed by atoms with E-state index in [2.05, 4.69) is 15.2 Å². The van der Waals surface area contributed by atoms with Gasteiger partial charge >= 0.3 is 0 Å². The second-order valence-electron chi connectivity index (χ2n) is 5.58. The molecule has 0 saturated carbocycles. The van der Waals surface area contributed by atoms with E-state index in [1.165, 1.54) is 6.33 Å². The summed E-state index contributed by atoms with van der Waals surface area (Å²) in [6.07, 6.45) is 3.74. The van der Waals surface area contributed by atoms with Gasteiger partial charge in [-0.15, -0.1) is 0 Å². The van der Waals surface area contributed by atoms with Crippen LogP contribution in [0.1, 0.15) is 20.3 Å². The molecule has 1 heterocycles. The topological polar surface area (TPSA) is 72.5 Å². The van der Waals surface area contributed by atoms with Gasteiger partial charge in [-0.25, -0.2) is 9.67 Å². The minimum Gasteiger partial charge on any atom is -0.494 e. The van der Waals surface area contributed by atoms with Crippen molar-refractivity contribution in [2.24, 2.45) is 10.6 Å². The molecule has 0 bridgehead atoms. The molecule has 1 aromatic carbocycles. The molecule has 0 unspecified atom stereocenters. The standard InChI is InChI=1S/C15H19ClN4O2/c1-15(2,14(19-21)9-20-11-17-10-18-20)7-8-22-13-5-3-12(16)4-6-13/h3-6,10-11,21H,7-9H2,1-2H3. The van der Waals surface area contributed by atoms with Gasteiger partial charge in [-0.05, 0) is 30.7 Å². The molecular formula is C15H19ClN4O2. The fraction of sp³-hybridized carbons (Fsp3) is 0.400. The highest BCUT2D eigenvalue weighted by Gasteiger charge is 2.26. The molecule has 1 N–H and O–H groups in total. The normalized spacial score (nSPS) is 12.4. The lowest BCUT2D eigenvalue weighted by Crippen LogP contribution is -2.30. The summed E-state index contributed by atoms with van der Waals surface area (Å²) in [4.78, 5) is 3.88. The highest BCUT2D eigenvalue weighted by molar-refractivity contribution is 6.30. The Bertz CT molecular complexity index is 609. The van der Waals surface area contributed by atoms with Gasteiger partial charge in [0.05, 0.1) is 18.9 Å². The fourth-order valence-corrected chi connectivity index (χ4v) is 2.07. The van der Waals surface area contributed by atoms with Gasteiger partial charge in [0.15, 0.2) is 0 Å². The number of hydrogen-bond donors (Lipinski definition) is 1. The van der Waals surface area contributed by atoms with E-state index in [-0.39, 0.29) is 5.41 Å². The summed E-state index contributed by atoms with van der Waals surface area (Å²) in [5.41, 5.74) is 0.297. The Morgan fingerprint density at radius 1 is 1.36 bits per heavy atom. The number of benzene rings is 1. The van der Waals surface area contributed by atoms with Crippen LogP contribution in [-0.4, -0.2) is 32.3 Å². The van der Waals surface area contributed by atoms with Gasteiger partial charge in [-0.1, -0.05) is 30.6 Å². The van der Waals surface area contributed by atoms with E-state index in [9.17, 15) is 5.21 Å². The molecule has 6 nitrogen and oxygen atoms in total. The molecular weight excluding hydrogens is 304 g/mol. The predicted octanol–water partition coefficient (Wildman–Crippen LogP) is 3.26. The first kappa shape index (κ1) is 16.3. The average molecular weight is 323 g/mol. The molecule has 22 heavy (non-hydrogen) atoms. The Labute approximate surface area is 134 Å². The first-order valence-electron chi connectivity index (χ1n) is 6.93. The molecule has 0 aliphatic heterocycles. The maximum atomic E-state index is 9.28. The van der Waals surface area contributed by atoms with Crippen LogP contribution < -0.4 is 4.74 Å². The Morgan fingerprint density at radius 2 is 2.09 bits per heavy atom.